The van der Waals surface area contributed by atoms with E-state index < -0.39 is 0 Å². The molecule has 1 saturated heterocycles. The maximum Gasteiger partial charge on any atom is 0.254 e. The van der Waals surface area contributed by atoms with Gasteiger partial charge in [0, 0.05) is 35.3 Å². The number of rotatable bonds is 1. The first-order chi connectivity index (χ1) is 7.68. The minimum Gasteiger partial charge on any atom is -0.399 e. The highest BCUT2D eigenvalue weighted by Gasteiger charge is 2.24. The van der Waals surface area contributed by atoms with Crippen molar-refractivity contribution < 1.29 is 4.79 Å². The van der Waals surface area contributed by atoms with Gasteiger partial charge in [-0.15, -0.1) is 0 Å². The summed E-state index contributed by atoms with van der Waals surface area (Å²) in [5, 5.41) is 0. The highest BCUT2D eigenvalue weighted by Crippen LogP contribution is 2.19. The second kappa shape index (κ2) is 4.78. The number of nitrogens with two attached hydrogens (primary N) is 1. The summed E-state index contributed by atoms with van der Waals surface area (Å²) in [6, 6.07) is 7.51. The average Bonchev–Trinajstić information content (AvgIpc) is 2.29. The summed E-state index contributed by atoms with van der Waals surface area (Å²) >= 11 is 1.90. The van der Waals surface area contributed by atoms with Crippen LogP contribution in [0.4, 0.5) is 5.69 Å². The summed E-state index contributed by atoms with van der Waals surface area (Å²) in [4.78, 5) is 14.2. The number of amides is 1. The van der Waals surface area contributed by atoms with E-state index in [4.69, 9.17) is 5.73 Å². The molecule has 2 rings (SSSR count). The SMILES string of the molecule is CC1CSCCN1C(=O)c1cccc(N)c1. The summed E-state index contributed by atoms with van der Waals surface area (Å²) in [6.07, 6.45) is 0. The van der Waals surface area contributed by atoms with Gasteiger partial charge in [-0.2, -0.15) is 11.8 Å². The van der Waals surface area contributed by atoms with Crippen LogP contribution in [0.3, 0.4) is 0 Å². The van der Waals surface area contributed by atoms with Crippen LogP contribution in [-0.4, -0.2) is 34.9 Å². The molecule has 0 radical (unpaired) electrons. The third kappa shape index (κ3) is 2.32. The minimum atomic E-state index is 0.0973. The molecule has 2 N–H and O–H groups in total. The lowest BCUT2D eigenvalue weighted by molar-refractivity contribution is 0.0716. The van der Waals surface area contributed by atoms with E-state index >= 15 is 0 Å². The fourth-order valence-electron chi connectivity index (χ4n) is 1.87. The number of anilines is 1. The number of benzene rings is 1. The number of hydrogen-bond acceptors (Lipinski definition) is 3. The van der Waals surface area contributed by atoms with E-state index in [1.807, 2.05) is 28.8 Å². The van der Waals surface area contributed by atoms with Crippen molar-refractivity contribution in [2.45, 2.75) is 13.0 Å². The number of carbonyl (C=O) groups excluding carboxylic acids is 1. The van der Waals surface area contributed by atoms with Gasteiger partial charge < -0.3 is 10.6 Å². The zero-order valence-corrected chi connectivity index (χ0v) is 10.2. The Bertz CT molecular complexity index is 394. The molecule has 1 fully saturated rings. The maximum absolute atomic E-state index is 12.2. The van der Waals surface area contributed by atoms with Crippen LogP contribution in [0.5, 0.6) is 0 Å². The first-order valence-electron chi connectivity index (χ1n) is 5.43. The summed E-state index contributed by atoms with van der Waals surface area (Å²) in [5.41, 5.74) is 7.02. The van der Waals surface area contributed by atoms with Gasteiger partial charge in [0.25, 0.3) is 5.91 Å². The van der Waals surface area contributed by atoms with Gasteiger partial charge in [-0.3, -0.25) is 4.79 Å². The largest absolute Gasteiger partial charge is 0.399 e. The third-order valence-electron chi connectivity index (χ3n) is 2.76. The Kier molecular flexibility index (Phi) is 3.39. The lowest BCUT2D eigenvalue weighted by Crippen LogP contribution is -2.44. The first-order valence-corrected chi connectivity index (χ1v) is 6.58. The Labute approximate surface area is 100.0 Å². The molecule has 3 nitrogen and oxygen atoms in total. The molecule has 1 aromatic carbocycles. The molecule has 0 spiro atoms. The average molecular weight is 236 g/mol. The van der Waals surface area contributed by atoms with Crippen LogP contribution in [-0.2, 0) is 0 Å². The van der Waals surface area contributed by atoms with Crippen molar-refractivity contribution in [2.24, 2.45) is 0 Å². The van der Waals surface area contributed by atoms with E-state index in [2.05, 4.69) is 6.92 Å². The zero-order chi connectivity index (χ0) is 11.5. The molecule has 1 aliphatic heterocycles. The van der Waals surface area contributed by atoms with Gasteiger partial charge in [0.1, 0.15) is 0 Å². The Balaban J connectivity index is 2.17. The Morgan fingerprint density at radius 1 is 1.56 bits per heavy atom. The molecular formula is C12H16N2OS. The number of nitrogens with zero attached hydrogens (tertiary/aromatic N) is 1. The van der Waals surface area contributed by atoms with Gasteiger partial charge in [-0.25, -0.2) is 0 Å². The van der Waals surface area contributed by atoms with E-state index in [0.29, 0.717) is 17.3 Å². The molecule has 0 aliphatic carbocycles. The number of carbonyl (C=O) groups is 1. The minimum absolute atomic E-state index is 0.0973. The second-order valence-corrected chi connectivity index (χ2v) is 5.20. The monoisotopic (exact) mass is 236 g/mol. The Hall–Kier alpha value is -1.16. The summed E-state index contributed by atoms with van der Waals surface area (Å²) in [6.45, 7) is 2.93. The number of nitrogen functional groups attached to an aromatic ring is 1. The Morgan fingerprint density at radius 2 is 2.38 bits per heavy atom. The molecule has 16 heavy (non-hydrogen) atoms. The molecule has 86 valence electrons. The van der Waals surface area contributed by atoms with Crippen LogP contribution < -0.4 is 5.73 Å². The number of hydrogen-bond donors (Lipinski definition) is 1. The molecule has 0 saturated carbocycles. The van der Waals surface area contributed by atoms with Crippen LogP contribution in [0.25, 0.3) is 0 Å². The molecule has 4 heteroatoms. The van der Waals surface area contributed by atoms with E-state index in [0.717, 1.165) is 18.1 Å². The lowest BCUT2D eigenvalue weighted by Gasteiger charge is -2.33. The number of thioether (sulfide) groups is 1. The van der Waals surface area contributed by atoms with E-state index in [1.54, 1.807) is 12.1 Å². The zero-order valence-electron chi connectivity index (χ0n) is 9.35. The van der Waals surface area contributed by atoms with Gasteiger partial charge in [0.2, 0.25) is 0 Å². The fraction of sp³-hybridized carbons (Fsp3) is 0.417. The van der Waals surface area contributed by atoms with Crippen molar-refractivity contribution >= 4 is 23.4 Å². The molecule has 1 aromatic rings. The summed E-state index contributed by atoms with van der Waals surface area (Å²) < 4.78 is 0. The van der Waals surface area contributed by atoms with Crippen LogP contribution in [0, 0.1) is 0 Å². The van der Waals surface area contributed by atoms with Gasteiger partial charge in [-0.1, -0.05) is 6.07 Å². The quantitative estimate of drug-likeness (QED) is 0.757. The molecule has 1 amide bonds. The molecule has 1 atom stereocenters. The van der Waals surface area contributed by atoms with E-state index in [9.17, 15) is 4.79 Å². The van der Waals surface area contributed by atoms with Gasteiger partial charge in [-0.05, 0) is 25.1 Å². The highest BCUT2D eigenvalue weighted by molar-refractivity contribution is 7.99. The van der Waals surface area contributed by atoms with Crippen molar-refractivity contribution in [1.29, 1.82) is 0 Å². The molecule has 0 aromatic heterocycles. The molecular weight excluding hydrogens is 220 g/mol. The van der Waals surface area contributed by atoms with Crippen molar-refractivity contribution in [1.82, 2.24) is 4.90 Å². The van der Waals surface area contributed by atoms with E-state index in [-0.39, 0.29) is 5.91 Å². The van der Waals surface area contributed by atoms with Crippen molar-refractivity contribution in [3.63, 3.8) is 0 Å². The maximum atomic E-state index is 12.2. The summed E-state index contributed by atoms with van der Waals surface area (Å²) in [7, 11) is 0. The predicted octanol–water partition coefficient (Wildman–Crippen LogP) is 1.85. The fourth-order valence-corrected chi connectivity index (χ4v) is 2.88. The predicted molar refractivity (Wildman–Crippen MR) is 68.7 cm³/mol. The molecule has 0 bridgehead atoms. The third-order valence-corrected chi connectivity index (χ3v) is 3.95. The first kappa shape index (κ1) is 11.3. The van der Waals surface area contributed by atoms with Gasteiger partial charge in [0.05, 0.1) is 0 Å². The normalized spacial score (nSPS) is 20.8. The van der Waals surface area contributed by atoms with Crippen molar-refractivity contribution in [3.8, 4) is 0 Å². The molecule has 1 unspecified atom stereocenters. The van der Waals surface area contributed by atoms with Gasteiger partial charge >= 0.3 is 0 Å². The molecule has 1 aliphatic rings. The standard InChI is InChI=1S/C12H16N2OS/c1-9-8-16-6-5-14(9)12(15)10-3-2-4-11(13)7-10/h2-4,7,9H,5-6,8,13H2,1H3. The van der Waals surface area contributed by atoms with Crippen molar-refractivity contribution in [3.05, 3.63) is 29.8 Å². The second-order valence-electron chi connectivity index (χ2n) is 4.05. The smallest absolute Gasteiger partial charge is 0.254 e. The van der Waals surface area contributed by atoms with Crippen LogP contribution in [0.2, 0.25) is 0 Å². The van der Waals surface area contributed by atoms with Crippen LogP contribution >= 0.6 is 11.8 Å². The Morgan fingerprint density at radius 3 is 3.06 bits per heavy atom. The van der Waals surface area contributed by atoms with Crippen LogP contribution in [0.15, 0.2) is 24.3 Å². The summed E-state index contributed by atoms with van der Waals surface area (Å²) in [5.74, 6) is 2.15. The van der Waals surface area contributed by atoms with Gasteiger partial charge in [0.15, 0.2) is 0 Å². The van der Waals surface area contributed by atoms with E-state index in [1.165, 1.54) is 0 Å². The van der Waals surface area contributed by atoms with Crippen LogP contribution in [0.1, 0.15) is 17.3 Å². The highest BCUT2D eigenvalue weighted by atomic mass is 32.2. The lowest BCUT2D eigenvalue weighted by atomic mass is 10.1. The molecule has 1 heterocycles. The van der Waals surface area contributed by atoms with Crippen molar-refractivity contribution in [2.75, 3.05) is 23.8 Å². The topological polar surface area (TPSA) is 46.3 Å².